The topological polar surface area (TPSA) is 292 Å². The predicted molar refractivity (Wildman–Crippen MR) is 126 cm³/mol. The number of hydrogen-bond acceptors (Lipinski definition) is 8. The maximum Gasteiger partial charge on any atom is 0.326 e. The number of rotatable bonds is 15. The fourth-order valence-corrected chi connectivity index (χ4v) is 3.64. The van der Waals surface area contributed by atoms with Crippen LogP contribution in [0.25, 0.3) is 0 Å². The van der Waals surface area contributed by atoms with Crippen LogP contribution in [0.1, 0.15) is 44.9 Å². The highest BCUT2D eigenvalue weighted by Crippen LogP contribution is 2.19. The van der Waals surface area contributed by atoms with Gasteiger partial charge in [-0.1, -0.05) is 0 Å². The molecular formula is C20H35N9O7. The lowest BCUT2D eigenvalue weighted by molar-refractivity contribution is -0.149. The first-order chi connectivity index (χ1) is 16.8. The second-order valence-corrected chi connectivity index (χ2v) is 8.38. The first-order valence-electron chi connectivity index (χ1n) is 11.3. The lowest BCUT2D eigenvalue weighted by atomic mass is 10.1. The number of hydrogen-bond donors (Lipinski definition) is 8. The van der Waals surface area contributed by atoms with Crippen LogP contribution in [-0.2, 0) is 28.8 Å². The molecule has 1 aliphatic rings. The number of nitrogens with two attached hydrogens (primary N) is 5. The molecule has 202 valence electrons. The Morgan fingerprint density at radius 1 is 0.944 bits per heavy atom. The van der Waals surface area contributed by atoms with Crippen LogP contribution in [0, 0.1) is 0 Å². The fourth-order valence-electron chi connectivity index (χ4n) is 3.64. The first kappa shape index (κ1) is 30.1. The smallest absolute Gasteiger partial charge is 0.326 e. The molecule has 0 aromatic heterocycles. The summed E-state index contributed by atoms with van der Waals surface area (Å²) < 4.78 is 0. The van der Waals surface area contributed by atoms with E-state index >= 15 is 0 Å². The van der Waals surface area contributed by atoms with E-state index in [4.69, 9.17) is 28.7 Å². The van der Waals surface area contributed by atoms with Gasteiger partial charge in [-0.3, -0.25) is 29.0 Å². The highest BCUT2D eigenvalue weighted by molar-refractivity contribution is 5.96. The van der Waals surface area contributed by atoms with E-state index in [0.717, 1.165) is 4.90 Å². The first-order valence-corrected chi connectivity index (χ1v) is 11.3. The number of amides is 5. The maximum atomic E-state index is 13.2. The Labute approximate surface area is 207 Å². The Morgan fingerprint density at radius 2 is 1.58 bits per heavy atom. The zero-order valence-corrected chi connectivity index (χ0v) is 19.9. The second-order valence-electron chi connectivity index (χ2n) is 8.38. The van der Waals surface area contributed by atoms with Gasteiger partial charge in [-0.25, -0.2) is 4.79 Å². The van der Waals surface area contributed by atoms with Crippen LogP contribution in [0.2, 0.25) is 0 Å². The number of likely N-dealkylation sites (tertiary alicyclic amines) is 1. The van der Waals surface area contributed by atoms with Gasteiger partial charge >= 0.3 is 5.97 Å². The molecule has 1 rings (SSSR count). The van der Waals surface area contributed by atoms with Crippen molar-refractivity contribution in [3.63, 3.8) is 0 Å². The van der Waals surface area contributed by atoms with Gasteiger partial charge in [-0.2, -0.15) is 0 Å². The zero-order chi connectivity index (χ0) is 27.4. The molecule has 0 spiro atoms. The Morgan fingerprint density at radius 3 is 2.14 bits per heavy atom. The summed E-state index contributed by atoms with van der Waals surface area (Å²) in [5.41, 5.74) is 26.5. The molecule has 0 saturated carbocycles. The molecule has 13 N–H and O–H groups in total. The molecule has 0 aliphatic carbocycles. The number of aliphatic imine (C=N–C) groups is 1. The van der Waals surface area contributed by atoms with E-state index in [1.54, 1.807) is 0 Å². The molecule has 0 aromatic rings. The molecule has 4 unspecified atom stereocenters. The summed E-state index contributed by atoms with van der Waals surface area (Å²) in [6, 6.07) is -4.91. The van der Waals surface area contributed by atoms with Gasteiger partial charge < -0.3 is 49.3 Å². The van der Waals surface area contributed by atoms with E-state index in [0.29, 0.717) is 6.42 Å². The number of nitrogens with zero attached hydrogens (tertiary/aromatic N) is 2. The van der Waals surface area contributed by atoms with Gasteiger partial charge in [0.2, 0.25) is 29.5 Å². The van der Waals surface area contributed by atoms with Crippen LogP contribution in [0.15, 0.2) is 4.99 Å². The number of carbonyl (C=O) groups is 6. The summed E-state index contributed by atoms with van der Waals surface area (Å²) in [5, 5.41) is 14.2. The molecule has 0 radical (unpaired) electrons. The third kappa shape index (κ3) is 10.1. The number of carbonyl (C=O) groups excluding carboxylic acids is 5. The van der Waals surface area contributed by atoms with Crippen LogP contribution < -0.4 is 39.3 Å². The fraction of sp³-hybridized carbons (Fsp3) is 0.650. The number of carboxylic acid groups (broad SMARTS) is 1. The number of guanidine groups is 1. The van der Waals surface area contributed by atoms with Crippen molar-refractivity contribution < 1.29 is 33.9 Å². The second kappa shape index (κ2) is 14.4. The van der Waals surface area contributed by atoms with Crippen molar-refractivity contribution in [1.82, 2.24) is 15.5 Å². The summed E-state index contributed by atoms with van der Waals surface area (Å²) in [6.45, 7) is 0.326. The number of carboxylic acids is 1. The Hall–Kier alpha value is -3.95. The third-order valence-electron chi connectivity index (χ3n) is 5.46. The molecule has 0 aromatic carbocycles. The molecule has 4 atom stereocenters. The van der Waals surface area contributed by atoms with Crippen molar-refractivity contribution in [3.8, 4) is 0 Å². The minimum Gasteiger partial charge on any atom is -0.480 e. The third-order valence-corrected chi connectivity index (χ3v) is 5.46. The Kier molecular flexibility index (Phi) is 12.1. The average molecular weight is 514 g/mol. The zero-order valence-electron chi connectivity index (χ0n) is 19.9. The summed E-state index contributed by atoms with van der Waals surface area (Å²) in [6.07, 6.45) is 0.166. The number of primary amides is 2. The van der Waals surface area contributed by atoms with Gasteiger partial charge in [0.25, 0.3) is 0 Å². The van der Waals surface area contributed by atoms with Gasteiger partial charge in [-0.15, -0.1) is 0 Å². The van der Waals surface area contributed by atoms with Crippen molar-refractivity contribution >= 4 is 41.5 Å². The van der Waals surface area contributed by atoms with Crippen LogP contribution in [0.4, 0.5) is 0 Å². The molecule has 16 nitrogen and oxygen atoms in total. The molecule has 5 amide bonds. The Bertz CT molecular complexity index is 876. The van der Waals surface area contributed by atoms with Crippen molar-refractivity contribution in [2.75, 3.05) is 13.1 Å². The normalized spacial score (nSPS) is 17.4. The average Bonchev–Trinajstić information content (AvgIpc) is 3.28. The number of nitrogens with one attached hydrogen (secondary N) is 2. The summed E-state index contributed by atoms with van der Waals surface area (Å²) >= 11 is 0. The van der Waals surface area contributed by atoms with Crippen LogP contribution in [-0.4, -0.2) is 88.7 Å². The standard InChI is InChI=1S/C20H35N9O7/c21-10(5-6-14(22)30)16(32)28-12(9-15(23)31)17(33)27-11(3-1-7-26-20(24)25)18(34)29-8-2-4-13(29)19(35)36/h10-13H,1-9,21H2,(H2,22,30)(H2,23,31)(H,27,33)(H,28,32)(H,35,36)(H4,24,25,26). The van der Waals surface area contributed by atoms with Gasteiger partial charge in [-0.05, 0) is 32.1 Å². The van der Waals surface area contributed by atoms with Crippen molar-refractivity contribution in [1.29, 1.82) is 0 Å². The highest BCUT2D eigenvalue weighted by atomic mass is 16.4. The van der Waals surface area contributed by atoms with Crippen LogP contribution in [0.3, 0.4) is 0 Å². The molecule has 1 aliphatic heterocycles. The lowest BCUT2D eigenvalue weighted by Gasteiger charge is -2.28. The van der Waals surface area contributed by atoms with Crippen LogP contribution >= 0.6 is 0 Å². The SMILES string of the molecule is NC(=O)CCC(N)C(=O)NC(CC(N)=O)C(=O)NC(CCCN=C(N)N)C(=O)N1CCCC1C(=O)O. The van der Waals surface area contributed by atoms with Gasteiger partial charge in [0, 0.05) is 19.5 Å². The summed E-state index contributed by atoms with van der Waals surface area (Å²) in [7, 11) is 0. The lowest BCUT2D eigenvalue weighted by Crippen LogP contribution is -2.57. The monoisotopic (exact) mass is 513 g/mol. The molecule has 1 saturated heterocycles. The summed E-state index contributed by atoms with van der Waals surface area (Å²) in [5.74, 6) is -5.30. The van der Waals surface area contributed by atoms with Crippen molar-refractivity contribution in [2.24, 2.45) is 33.7 Å². The van der Waals surface area contributed by atoms with Crippen molar-refractivity contribution in [2.45, 2.75) is 69.1 Å². The molecule has 1 fully saturated rings. The van der Waals surface area contributed by atoms with E-state index in [9.17, 15) is 33.9 Å². The minimum absolute atomic E-state index is 0.0412. The van der Waals surface area contributed by atoms with E-state index in [2.05, 4.69) is 15.6 Å². The quantitative estimate of drug-likeness (QED) is 0.0590. The Balaban J connectivity index is 3.02. The van der Waals surface area contributed by atoms with E-state index in [-0.39, 0.29) is 51.2 Å². The van der Waals surface area contributed by atoms with Gasteiger partial charge in [0.05, 0.1) is 12.5 Å². The summed E-state index contributed by atoms with van der Waals surface area (Å²) in [4.78, 5) is 77.5. The van der Waals surface area contributed by atoms with E-state index in [1.165, 1.54) is 0 Å². The van der Waals surface area contributed by atoms with Crippen molar-refractivity contribution in [3.05, 3.63) is 0 Å². The largest absolute Gasteiger partial charge is 0.480 e. The van der Waals surface area contributed by atoms with Crippen LogP contribution in [0.5, 0.6) is 0 Å². The predicted octanol–water partition coefficient (Wildman–Crippen LogP) is -4.45. The van der Waals surface area contributed by atoms with E-state index in [1.807, 2.05) is 0 Å². The van der Waals surface area contributed by atoms with Gasteiger partial charge in [0.1, 0.15) is 18.1 Å². The highest BCUT2D eigenvalue weighted by Gasteiger charge is 2.38. The molecule has 0 bridgehead atoms. The molecule has 36 heavy (non-hydrogen) atoms. The molecule has 1 heterocycles. The van der Waals surface area contributed by atoms with Gasteiger partial charge in [0.15, 0.2) is 5.96 Å². The van der Waals surface area contributed by atoms with E-state index < -0.39 is 66.1 Å². The minimum atomic E-state index is -1.48. The number of aliphatic carboxylic acids is 1. The molecular weight excluding hydrogens is 478 g/mol. The maximum absolute atomic E-state index is 13.2. The molecule has 16 heteroatoms.